The standard InChI is InChI=1S/C39H53N5O5/c1-5-6-7-8-23-49-27-29-18-21-44(22-19-29)33-25-41-36(42-26-33)30-11-9-28(10-12-30)24-34(38(48)40-20-17-35(45)46)43-37(47)31-13-15-32(16-14-31)39(2,3)4/h9-16,25-26,29,34H,5-8,17-24,27H2,1-4H3,(H,40,48)(H,43,47)(H,45,46)/t34-/m0/s1. The molecule has 10 heteroatoms. The van der Waals surface area contributed by atoms with Crippen molar-refractivity contribution < 1.29 is 24.2 Å². The van der Waals surface area contributed by atoms with E-state index in [4.69, 9.17) is 9.84 Å². The first kappa shape index (κ1) is 37.5. The predicted molar refractivity (Wildman–Crippen MR) is 193 cm³/mol. The summed E-state index contributed by atoms with van der Waals surface area (Å²) in [5.41, 5.74) is 4.17. The van der Waals surface area contributed by atoms with E-state index in [1.807, 2.05) is 48.8 Å². The van der Waals surface area contributed by atoms with Crippen LogP contribution < -0.4 is 15.5 Å². The number of ether oxygens (including phenoxy) is 1. The van der Waals surface area contributed by atoms with Gasteiger partial charge in [-0.1, -0.05) is 83.4 Å². The summed E-state index contributed by atoms with van der Waals surface area (Å²) in [5, 5.41) is 14.5. The number of piperidine rings is 1. The minimum Gasteiger partial charge on any atom is -0.481 e. The Labute approximate surface area is 291 Å². The molecule has 3 aromatic rings. The molecule has 1 aliphatic rings. The summed E-state index contributed by atoms with van der Waals surface area (Å²) in [6, 6.07) is 14.0. The van der Waals surface area contributed by atoms with Crippen LogP contribution in [-0.2, 0) is 26.2 Å². The number of rotatable bonds is 17. The second kappa shape index (κ2) is 18.5. The summed E-state index contributed by atoms with van der Waals surface area (Å²) in [6.07, 6.45) is 10.9. The average molecular weight is 672 g/mol. The topological polar surface area (TPSA) is 134 Å². The fourth-order valence-corrected chi connectivity index (χ4v) is 5.89. The first-order chi connectivity index (χ1) is 23.5. The molecule has 2 heterocycles. The summed E-state index contributed by atoms with van der Waals surface area (Å²) < 4.78 is 5.94. The lowest BCUT2D eigenvalue weighted by Crippen LogP contribution is -2.48. The number of amides is 2. The first-order valence-corrected chi connectivity index (χ1v) is 17.7. The molecule has 1 fully saturated rings. The lowest BCUT2D eigenvalue weighted by molar-refractivity contribution is -0.137. The van der Waals surface area contributed by atoms with Gasteiger partial charge in [-0.05, 0) is 53.9 Å². The number of hydrogen-bond donors (Lipinski definition) is 3. The Bertz CT molecular complexity index is 1480. The number of aliphatic carboxylic acids is 1. The van der Waals surface area contributed by atoms with Crippen molar-refractivity contribution in [2.24, 2.45) is 5.92 Å². The molecular weight excluding hydrogens is 618 g/mol. The van der Waals surface area contributed by atoms with Crippen LogP contribution in [0.25, 0.3) is 11.4 Å². The van der Waals surface area contributed by atoms with Crippen molar-refractivity contribution in [2.45, 2.75) is 90.5 Å². The van der Waals surface area contributed by atoms with Crippen molar-refractivity contribution in [3.8, 4) is 11.4 Å². The summed E-state index contributed by atoms with van der Waals surface area (Å²) in [4.78, 5) is 48.9. The summed E-state index contributed by atoms with van der Waals surface area (Å²) in [6.45, 7) is 12.1. The van der Waals surface area contributed by atoms with Crippen molar-refractivity contribution in [1.29, 1.82) is 0 Å². The Balaban J connectivity index is 1.33. The van der Waals surface area contributed by atoms with E-state index in [9.17, 15) is 14.4 Å². The Hall–Kier alpha value is -4.31. The minimum atomic E-state index is -1.01. The van der Waals surface area contributed by atoms with Gasteiger partial charge in [0.05, 0.1) is 24.5 Å². The van der Waals surface area contributed by atoms with E-state index in [0.29, 0.717) is 17.3 Å². The van der Waals surface area contributed by atoms with E-state index < -0.39 is 17.9 Å². The number of nitrogens with zero attached hydrogens (tertiary/aromatic N) is 3. The third kappa shape index (κ3) is 12.0. The van der Waals surface area contributed by atoms with Crippen LogP contribution in [0.3, 0.4) is 0 Å². The molecule has 0 spiro atoms. The normalized spacial score (nSPS) is 14.3. The molecule has 1 saturated heterocycles. The number of unbranched alkanes of at least 4 members (excludes halogenated alkanes) is 3. The number of anilines is 1. The molecule has 0 unspecified atom stereocenters. The highest BCUT2D eigenvalue weighted by molar-refractivity contribution is 5.97. The predicted octanol–water partition coefficient (Wildman–Crippen LogP) is 6.19. The van der Waals surface area contributed by atoms with Crippen molar-refractivity contribution >= 4 is 23.5 Å². The number of carbonyl (C=O) groups is 3. The lowest BCUT2D eigenvalue weighted by atomic mass is 9.86. The fraction of sp³-hybridized carbons (Fsp3) is 0.513. The van der Waals surface area contributed by atoms with Crippen molar-refractivity contribution in [2.75, 3.05) is 37.7 Å². The molecule has 0 saturated carbocycles. The van der Waals surface area contributed by atoms with Gasteiger partial charge >= 0.3 is 5.97 Å². The highest BCUT2D eigenvalue weighted by Gasteiger charge is 2.23. The van der Waals surface area contributed by atoms with Crippen LogP contribution >= 0.6 is 0 Å². The Morgan fingerprint density at radius 2 is 1.63 bits per heavy atom. The molecule has 10 nitrogen and oxygen atoms in total. The zero-order valence-electron chi connectivity index (χ0n) is 29.5. The molecule has 0 radical (unpaired) electrons. The van der Waals surface area contributed by atoms with Gasteiger partial charge in [0, 0.05) is 50.4 Å². The Morgan fingerprint density at radius 3 is 2.24 bits per heavy atom. The quantitative estimate of drug-likeness (QED) is 0.145. The van der Waals surface area contributed by atoms with Gasteiger partial charge in [0.1, 0.15) is 6.04 Å². The molecular formula is C39H53N5O5. The van der Waals surface area contributed by atoms with Crippen molar-refractivity contribution in [3.05, 3.63) is 77.6 Å². The van der Waals surface area contributed by atoms with Gasteiger partial charge in [0.2, 0.25) is 5.91 Å². The third-order valence-corrected chi connectivity index (χ3v) is 9.04. The number of hydrogen-bond acceptors (Lipinski definition) is 7. The van der Waals surface area contributed by atoms with Crippen molar-refractivity contribution in [3.63, 3.8) is 0 Å². The molecule has 1 atom stereocenters. The van der Waals surface area contributed by atoms with E-state index in [1.165, 1.54) is 19.3 Å². The van der Waals surface area contributed by atoms with Crippen LogP contribution in [0.5, 0.6) is 0 Å². The van der Waals surface area contributed by atoms with Crippen LogP contribution in [0.4, 0.5) is 5.69 Å². The molecule has 1 aliphatic heterocycles. The number of aromatic nitrogens is 2. The van der Waals surface area contributed by atoms with E-state index in [1.54, 1.807) is 12.1 Å². The summed E-state index contributed by atoms with van der Waals surface area (Å²) in [7, 11) is 0. The molecule has 2 amide bonds. The molecule has 2 aromatic carbocycles. The fourth-order valence-electron chi connectivity index (χ4n) is 5.89. The van der Waals surface area contributed by atoms with Gasteiger partial charge in [-0.25, -0.2) is 9.97 Å². The molecule has 264 valence electrons. The molecule has 0 bridgehead atoms. The Morgan fingerprint density at radius 1 is 0.959 bits per heavy atom. The maximum absolute atomic E-state index is 13.2. The van der Waals surface area contributed by atoms with E-state index in [2.05, 4.69) is 53.2 Å². The second-order valence-corrected chi connectivity index (χ2v) is 14.0. The van der Waals surface area contributed by atoms with Gasteiger partial charge in [0.15, 0.2) is 5.82 Å². The molecule has 3 N–H and O–H groups in total. The number of nitrogens with one attached hydrogen (secondary N) is 2. The van der Waals surface area contributed by atoms with E-state index in [0.717, 1.165) is 67.9 Å². The number of benzene rings is 2. The zero-order valence-corrected chi connectivity index (χ0v) is 29.5. The highest BCUT2D eigenvalue weighted by atomic mass is 16.5. The Kier molecular flexibility index (Phi) is 14.1. The van der Waals surface area contributed by atoms with Crippen LogP contribution in [0.2, 0.25) is 0 Å². The summed E-state index contributed by atoms with van der Waals surface area (Å²) in [5.74, 6) is -0.618. The SMILES string of the molecule is CCCCCCOCC1CCN(c2cnc(-c3ccc(C[C@H](NC(=O)c4ccc(C(C)(C)C)cc4)C(=O)NCCC(=O)O)cc3)nc2)CC1. The maximum atomic E-state index is 13.2. The lowest BCUT2D eigenvalue weighted by Gasteiger charge is -2.33. The van der Waals surface area contributed by atoms with Crippen LogP contribution in [-0.4, -0.2) is 71.7 Å². The monoisotopic (exact) mass is 671 g/mol. The van der Waals surface area contributed by atoms with Crippen LogP contribution in [0.1, 0.15) is 94.1 Å². The van der Waals surface area contributed by atoms with Crippen LogP contribution in [0, 0.1) is 5.92 Å². The summed E-state index contributed by atoms with van der Waals surface area (Å²) >= 11 is 0. The van der Waals surface area contributed by atoms with E-state index in [-0.39, 0.29) is 30.7 Å². The minimum absolute atomic E-state index is 0.0291. The van der Waals surface area contributed by atoms with Gasteiger partial charge in [0.25, 0.3) is 5.91 Å². The van der Waals surface area contributed by atoms with Gasteiger partial charge in [-0.3, -0.25) is 14.4 Å². The molecule has 1 aromatic heterocycles. The number of carboxylic acid groups (broad SMARTS) is 1. The van der Waals surface area contributed by atoms with Crippen molar-refractivity contribution in [1.82, 2.24) is 20.6 Å². The first-order valence-electron chi connectivity index (χ1n) is 17.7. The third-order valence-electron chi connectivity index (χ3n) is 9.04. The van der Waals surface area contributed by atoms with E-state index >= 15 is 0 Å². The maximum Gasteiger partial charge on any atom is 0.305 e. The second-order valence-electron chi connectivity index (χ2n) is 14.0. The number of carbonyl (C=O) groups excluding carboxylic acids is 2. The molecule has 4 rings (SSSR count). The average Bonchev–Trinajstić information content (AvgIpc) is 3.09. The molecule has 49 heavy (non-hydrogen) atoms. The molecule has 0 aliphatic carbocycles. The van der Waals surface area contributed by atoms with Gasteiger partial charge < -0.3 is 25.4 Å². The smallest absolute Gasteiger partial charge is 0.305 e. The van der Waals surface area contributed by atoms with Crippen LogP contribution in [0.15, 0.2) is 60.9 Å². The van der Waals surface area contributed by atoms with Gasteiger partial charge in [-0.2, -0.15) is 0 Å². The zero-order chi connectivity index (χ0) is 35.2. The van der Waals surface area contributed by atoms with Gasteiger partial charge in [-0.15, -0.1) is 0 Å². The highest BCUT2D eigenvalue weighted by Crippen LogP contribution is 2.25. The largest absolute Gasteiger partial charge is 0.481 e. The number of carboxylic acids is 1.